The van der Waals surface area contributed by atoms with E-state index in [2.05, 4.69) is 21.7 Å². The molecule has 1 atom stereocenters. The van der Waals surface area contributed by atoms with Gasteiger partial charge in [0.05, 0.1) is 13.1 Å². The summed E-state index contributed by atoms with van der Waals surface area (Å²) < 4.78 is 31.8. The summed E-state index contributed by atoms with van der Waals surface area (Å²) >= 11 is 1.26. The molecule has 2 N–H and O–H groups in total. The van der Waals surface area contributed by atoms with E-state index in [-0.39, 0.29) is 6.10 Å². The minimum absolute atomic E-state index is 0.0690. The second-order valence-electron chi connectivity index (χ2n) is 6.37. The number of hydrogen-bond acceptors (Lipinski definition) is 5. The van der Waals surface area contributed by atoms with Crippen LogP contribution < -0.4 is 15.4 Å². The number of thiophene rings is 1. The van der Waals surface area contributed by atoms with Crippen molar-refractivity contribution in [3.8, 4) is 5.75 Å². The van der Waals surface area contributed by atoms with Crippen LogP contribution in [0.15, 0.2) is 45.6 Å². The van der Waals surface area contributed by atoms with Crippen LogP contribution in [0.3, 0.4) is 0 Å². The number of aliphatic imine (C=N–C) groups is 1. The van der Waals surface area contributed by atoms with Gasteiger partial charge in [-0.1, -0.05) is 18.2 Å². The van der Waals surface area contributed by atoms with Gasteiger partial charge in [0.1, 0.15) is 16.1 Å². The summed E-state index contributed by atoms with van der Waals surface area (Å²) in [5, 5.41) is 6.47. The van der Waals surface area contributed by atoms with Gasteiger partial charge in [0.2, 0.25) is 0 Å². The van der Waals surface area contributed by atoms with E-state index in [0.717, 1.165) is 17.0 Å². The van der Waals surface area contributed by atoms with Gasteiger partial charge < -0.3 is 15.4 Å². The molecule has 1 aliphatic heterocycles. The first-order chi connectivity index (χ1) is 12.9. The molecule has 0 fully saturated rings. The van der Waals surface area contributed by atoms with Crippen LogP contribution in [0.5, 0.6) is 5.75 Å². The number of para-hydroxylation sites is 1. The number of rotatable bonds is 6. The molecule has 0 aliphatic carbocycles. The van der Waals surface area contributed by atoms with E-state index >= 15 is 0 Å². The number of hydrogen-bond donors (Lipinski definition) is 2. The first-order valence-electron chi connectivity index (χ1n) is 8.60. The highest BCUT2D eigenvalue weighted by Gasteiger charge is 2.22. The molecule has 146 valence electrons. The van der Waals surface area contributed by atoms with Gasteiger partial charge in [-0.15, -0.1) is 11.3 Å². The fourth-order valence-electron chi connectivity index (χ4n) is 2.74. The predicted octanol–water partition coefficient (Wildman–Crippen LogP) is 1.67. The van der Waals surface area contributed by atoms with Crippen molar-refractivity contribution in [3.63, 3.8) is 0 Å². The van der Waals surface area contributed by atoms with Gasteiger partial charge in [-0.3, -0.25) is 4.99 Å². The Kier molecular flexibility index (Phi) is 6.03. The zero-order valence-corrected chi connectivity index (χ0v) is 17.2. The molecule has 0 bridgehead atoms. The highest BCUT2D eigenvalue weighted by molar-refractivity contribution is 7.91. The molecule has 1 aliphatic rings. The smallest absolute Gasteiger partial charge is 0.252 e. The highest BCUT2D eigenvalue weighted by atomic mass is 32.2. The molecule has 0 spiro atoms. The van der Waals surface area contributed by atoms with Crippen molar-refractivity contribution >= 4 is 27.3 Å². The monoisotopic (exact) mass is 408 g/mol. The van der Waals surface area contributed by atoms with Gasteiger partial charge in [-0.05, 0) is 23.8 Å². The molecule has 1 aromatic carbocycles. The molecule has 0 radical (unpaired) electrons. The van der Waals surface area contributed by atoms with E-state index in [1.165, 1.54) is 35.3 Å². The standard InChI is InChI=1S/C18H24N4O3S2/c1-19-18(20-11-14-10-13-6-4-5-7-16(13)25-14)21-12-15-8-9-17(26-15)27(23,24)22(2)3/h4-9,14H,10-12H2,1-3H3,(H2,19,20,21). The molecule has 0 saturated carbocycles. The summed E-state index contributed by atoms with van der Waals surface area (Å²) in [5.41, 5.74) is 1.22. The van der Waals surface area contributed by atoms with Crippen LogP contribution in [0, 0.1) is 0 Å². The van der Waals surface area contributed by atoms with Crippen molar-refractivity contribution < 1.29 is 13.2 Å². The number of nitrogens with one attached hydrogen (secondary N) is 2. The molecular weight excluding hydrogens is 384 g/mol. The fourth-order valence-corrected chi connectivity index (χ4v) is 5.21. The third-order valence-electron chi connectivity index (χ3n) is 4.24. The Morgan fingerprint density at radius 2 is 2.04 bits per heavy atom. The maximum absolute atomic E-state index is 12.1. The third kappa shape index (κ3) is 4.60. The predicted molar refractivity (Wildman–Crippen MR) is 108 cm³/mol. The number of fused-ring (bicyclic) bond motifs is 1. The summed E-state index contributed by atoms with van der Waals surface area (Å²) in [7, 11) is 1.38. The summed E-state index contributed by atoms with van der Waals surface area (Å²) in [6, 6.07) is 11.5. The van der Waals surface area contributed by atoms with Crippen molar-refractivity contribution in [3.05, 3.63) is 46.8 Å². The molecule has 2 aromatic rings. The summed E-state index contributed by atoms with van der Waals surface area (Å²) in [4.78, 5) is 5.13. The van der Waals surface area contributed by atoms with Crippen LogP contribution in [-0.2, 0) is 23.0 Å². The minimum atomic E-state index is -3.39. The summed E-state index contributed by atoms with van der Waals surface area (Å²) in [6.07, 6.45) is 0.941. The van der Waals surface area contributed by atoms with Gasteiger partial charge >= 0.3 is 0 Å². The summed E-state index contributed by atoms with van der Waals surface area (Å²) in [5.74, 6) is 1.60. The van der Waals surface area contributed by atoms with Gasteiger partial charge in [0, 0.05) is 32.4 Å². The average Bonchev–Trinajstić information content (AvgIpc) is 3.28. The van der Waals surface area contributed by atoms with E-state index < -0.39 is 10.0 Å². The van der Waals surface area contributed by atoms with Gasteiger partial charge in [0.25, 0.3) is 10.0 Å². The quantitative estimate of drug-likeness (QED) is 0.561. The molecule has 1 unspecified atom stereocenters. The second kappa shape index (κ2) is 8.28. The molecule has 2 heterocycles. The molecular formula is C18H24N4O3S2. The fraction of sp³-hybridized carbons (Fsp3) is 0.389. The van der Waals surface area contributed by atoms with Gasteiger partial charge in [-0.25, -0.2) is 12.7 Å². The van der Waals surface area contributed by atoms with Gasteiger partial charge in [0.15, 0.2) is 5.96 Å². The van der Waals surface area contributed by atoms with Crippen molar-refractivity contribution in [1.82, 2.24) is 14.9 Å². The van der Waals surface area contributed by atoms with Crippen LogP contribution in [0.25, 0.3) is 0 Å². The number of benzene rings is 1. The summed E-state index contributed by atoms with van der Waals surface area (Å²) in [6.45, 7) is 1.14. The number of nitrogens with zero attached hydrogens (tertiary/aromatic N) is 2. The van der Waals surface area contributed by atoms with Gasteiger partial charge in [-0.2, -0.15) is 0 Å². The molecule has 0 saturated heterocycles. The zero-order valence-electron chi connectivity index (χ0n) is 15.6. The molecule has 7 nitrogen and oxygen atoms in total. The van der Waals surface area contributed by atoms with Crippen molar-refractivity contribution in [2.75, 3.05) is 27.7 Å². The Bertz CT molecular complexity index is 897. The maximum Gasteiger partial charge on any atom is 0.252 e. The van der Waals surface area contributed by atoms with Crippen LogP contribution in [-0.4, -0.2) is 52.5 Å². The third-order valence-corrected chi connectivity index (χ3v) is 7.60. The van der Waals surface area contributed by atoms with Crippen LogP contribution in [0.4, 0.5) is 0 Å². The Morgan fingerprint density at radius 3 is 2.74 bits per heavy atom. The van der Waals surface area contributed by atoms with E-state index in [9.17, 15) is 8.42 Å². The molecule has 9 heteroatoms. The molecule has 1 aromatic heterocycles. The second-order valence-corrected chi connectivity index (χ2v) is 9.91. The number of ether oxygens (including phenoxy) is 1. The van der Waals surface area contributed by atoms with Crippen molar-refractivity contribution in [2.24, 2.45) is 4.99 Å². The van der Waals surface area contributed by atoms with Crippen LogP contribution in [0.1, 0.15) is 10.4 Å². The lowest BCUT2D eigenvalue weighted by Gasteiger charge is -2.15. The zero-order chi connectivity index (χ0) is 19.4. The van der Waals surface area contributed by atoms with Crippen molar-refractivity contribution in [2.45, 2.75) is 23.3 Å². The number of sulfonamides is 1. The maximum atomic E-state index is 12.1. The van der Waals surface area contributed by atoms with Crippen molar-refractivity contribution in [1.29, 1.82) is 0 Å². The lowest BCUT2D eigenvalue weighted by atomic mass is 10.1. The SMILES string of the molecule is CN=C(NCc1ccc(S(=O)(=O)N(C)C)s1)NCC1Cc2ccccc2O1. The van der Waals surface area contributed by atoms with Crippen LogP contribution in [0.2, 0.25) is 0 Å². The Morgan fingerprint density at radius 1 is 1.26 bits per heavy atom. The molecule has 3 rings (SSSR count). The largest absolute Gasteiger partial charge is 0.488 e. The highest BCUT2D eigenvalue weighted by Crippen LogP contribution is 2.27. The van der Waals surface area contributed by atoms with Crippen LogP contribution >= 0.6 is 11.3 Å². The van der Waals surface area contributed by atoms with E-state index in [0.29, 0.717) is 23.3 Å². The topological polar surface area (TPSA) is 83.0 Å². The van der Waals surface area contributed by atoms with E-state index in [1.54, 1.807) is 13.1 Å². The lowest BCUT2D eigenvalue weighted by Crippen LogP contribution is -2.41. The first kappa shape index (κ1) is 19.7. The van der Waals surface area contributed by atoms with E-state index in [4.69, 9.17) is 4.74 Å². The first-order valence-corrected chi connectivity index (χ1v) is 10.9. The Labute approximate surface area is 164 Å². The number of guanidine groups is 1. The Balaban J connectivity index is 1.50. The minimum Gasteiger partial charge on any atom is -0.488 e. The Hall–Kier alpha value is -2.10. The average molecular weight is 409 g/mol. The molecule has 0 amide bonds. The molecule has 27 heavy (non-hydrogen) atoms. The normalized spacial score (nSPS) is 16.9. The lowest BCUT2D eigenvalue weighted by molar-refractivity contribution is 0.235. The van der Waals surface area contributed by atoms with E-state index in [1.807, 2.05) is 24.3 Å².